The SMILES string of the molecule is COC1CCCCC1CNc1ncnc(N(CC2C=CC(C(F)(F)F)=CC2)C2CC2)c1F. The van der Waals surface area contributed by atoms with Crippen LogP contribution in [0.15, 0.2) is 30.1 Å². The van der Waals surface area contributed by atoms with E-state index in [1.165, 1.54) is 12.4 Å². The van der Waals surface area contributed by atoms with Crippen LogP contribution in [0.5, 0.6) is 0 Å². The van der Waals surface area contributed by atoms with Crippen molar-refractivity contribution in [2.45, 2.75) is 63.3 Å². The van der Waals surface area contributed by atoms with Gasteiger partial charge in [-0.15, -0.1) is 0 Å². The van der Waals surface area contributed by atoms with Gasteiger partial charge >= 0.3 is 6.18 Å². The van der Waals surface area contributed by atoms with Gasteiger partial charge in [0.25, 0.3) is 0 Å². The van der Waals surface area contributed by atoms with Gasteiger partial charge < -0.3 is 15.0 Å². The summed E-state index contributed by atoms with van der Waals surface area (Å²) in [5, 5.41) is 3.15. The molecule has 3 atom stereocenters. The highest BCUT2D eigenvalue weighted by atomic mass is 19.4. The minimum absolute atomic E-state index is 0.128. The van der Waals surface area contributed by atoms with Gasteiger partial charge in [0, 0.05) is 32.2 Å². The van der Waals surface area contributed by atoms with Crippen LogP contribution < -0.4 is 10.2 Å². The van der Waals surface area contributed by atoms with E-state index in [1.54, 1.807) is 13.2 Å². The fourth-order valence-corrected chi connectivity index (χ4v) is 4.69. The van der Waals surface area contributed by atoms with E-state index in [1.807, 2.05) is 4.90 Å². The first-order chi connectivity index (χ1) is 15.4. The normalized spacial score (nSPS) is 26.0. The maximum Gasteiger partial charge on any atom is 0.416 e. The van der Waals surface area contributed by atoms with Gasteiger partial charge in [-0.1, -0.05) is 31.1 Å². The number of hydrogen-bond donors (Lipinski definition) is 1. The number of methoxy groups -OCH3 is 1. The zero-order valence-corrected chi connectivity index (χ0v) is 18.2. The van der Waals surface area contributed by atoms with Crippen LogP contribution in [0.25, 0.3) is 0 Å². The first-order valence-corrected chi connectivity index (χ1v) is 11.4. The van der Waals surface area contributed by atoms with Gasteiger partial charge in [-0.3, -0.25) is 0 Å². The molecule has 176 valence electrons. The molecule has 1 aromatic rings. The zero-order valence-electron chi connectivity index (χ0n) is 18.2. The summed E-state index contributed by atoms with van der Waals surface area (Å²) < 4.78 is 59.6. The average molecular weight is 455 g/mol. The van der Waals surface area contributed by atoms with Crippen LogP contribution in [0, 0.1) is 17.7 Å². The molecule has 5 nitrogen and oxygen atoms in total. The number of alkyl halides is 3. The maximum absolute atomic E-state index is 15.4. The van der Waals surface area contributed by atoms with Crippen molar-refractivity contribution in [2.75, 3.05) is 30.4 Å². The smallest absolute Gasteiger partial charge is 0.381 e. The molecular formula is C23H30F4N4O. The monoisotopic (exact) mass is 454 g/mol. The summed E-state index contributed by atoms with van der Waals surface area (Å²) in [4.78, 5) is 10.2. The molecule has 0 aliphatic heterocycles. The zero-order chi connectivity index (χ0) is 22.7. The Morgan fingerprint density at radius 2 is 1.94 bits per heavy atom. The number of halogens is 4. The molecule has 4 rings (SSSR count). The summed E-state index contributed by atoms with van der Waals surface area (Å²) in [6.45, 7) is 0.996. The third-order valence-electron chi connectivity index (χ3n) is 6.65. The van der Waals surface area contributed by atoms with E-state index >= 15 is 4.39 Å². The van der Waals surface area contributed by atoms with Gasteiger partial charge in [0.15, 0.2) is 11.6 Å². The Kier molecular flexibility index (Phi) is 7.02. The van der Waals surface area contributed by atoms with Crippen molar-refractivity contribution in [3.63, 3.8) is 0 Å². The molecule has 3 unspecified atom stereocenters. The number of aromatic nitrogens is 2. The van der Waals surface area contributed by atoms with Gasteiger partial charge in [-0.05, 0) is 38.0 Å². The van der Waals surface area contributed by atoms with E-state index in [0.29, 0.717) is 19.0 Å². The molecule has 0 aromatic carbocycles. The number of rotatable bonds is 8. The van der Waals surface area contributed by atoms with Crippen molar-refractivity contribution >= 4 is 11.6 Å². The van der Waals surface area contributed by atoms with Gasteiger partial charge in [-0.2, -0.15) is 17.6 Å². The molecule has 1 aromatic heterocycles. The second-order valence-electron chi connectivity index (χ2n) is 8.96. The third kappa shape index (κ3) is 5.42. The topological polar surface area (TPSA) is 50.3 Å². The maximum atomic E-state index is 15.4. The lowest BCUT2D eigenvalue weighted by atomic mass is 9.86. The largest absolute Gasteiger partial charge is 0.416 e. The minimum Gasteiger partial charge on any atom is -0.381 e. The second-order valence-corrected chi connectivity index (χ2v) is 8.96. The van der Waals surface area contributed by atoms with E-state index in [4.69, 9.17) is 4.74 Å². The lowest BCUT2D eigenvalue weighted by Crippen LogP contribution is -2.34. The Bertz CT molecular complexity index is 853. The predicted molar refractivity (Wildman–Crippen MR) is 115 cm³/mol. The van der Waals surface area contributed by atoms with E-state index in [0.717, 1.165) is 44.6 Å². The van der Waals surface area contributed by atoms with Gasteiger partial charge in [0.05, 0.1) is 11.7 Å². The highest BCUT2D eigenvalue weighted by Crippen LogP contribution is 2.36. The summed E-state index contributed by atoms with van der Waals surface area (Å²) in [5.74, 6) is 0.0520. The van der Waals surface area contributed by atoms with Crippen LogP contribution >= 0.6 is 0 Å². The first kappa shape index (κ1) is 23.0. The first-order valence-electron chi connectivity index (χ1n) is 11.4. The molecule has 2 fully saturated rings. The van der Waals surface area contributed by atoms with Crippen LogP contribution in [0.4, 0.5) is 29.2 Å². The number of nitrogens with one attached hydrogen (secondary N) is 1. The average Bonchev–Trinajstić information content (AvgIpc) is 3.62. The van der Waals surface area contributed by atoms with Crippen molar-refractivity contribution in [1.29, 1.82) is 0 Å². The Balaban J connectivity index is 1.43. The Hall–Kier alpha value is -2.16. The molecule has 0 bridgehead atoms. The number of allylic oxidation sites excluding steroid dienone is 3. The van der Waals surface area contributed by atoms with Crippen LogP contribution in [0.3, 0.4) is 0 Å². The molecule has 3 aliphatic rings. The van der Waals surface area contributed by atoms with E-state index in [2.05, 4.69) is 15.3 Å². The molecule has 1 N–H and O–H groups in total. The third-order valence-corrected chi connectivity index (χ3v) is 6.65. The van der Waals surface area contributed by atoms with Crippen molar-refractivity contribution in [3.8, 4) is 0 Å². The van der Waals surface area contributed by atoms with E-state index in [-0.39, 0.29) is 36.1 Å². The molecule has 32 heavy (non-hydrogen) atoms. The minimum atomic E-state index is -4.34. The van der Waals surface area contributed by atoms with Gasteiger partial charge in [0.2, 0.25) is 5.82 Å². The summed E-state index contributed by atoms with van der Waals surface area (Å²) in [5.41, 5.74) is -0.622. The summed E-state index contributed by atoms with van der Waals surface area (Å²) in [7, 11) is 1.71. The van der Waals surface area contributed by atoms with Crippen molar-refractivity contribution in [3.05, 3.63) is 35.9 Å². The molecular weight excluding hydrogens is 424 g/mol. The van der Waals surface area contributed by atoms with Gasteiger partial charge in [0.1, 0.15) is 6.33 Å². The van der Waals surface area contributed by atoms with Crippen molar-refractivity contribution in [1.82, 2.24) is 9.97 Å². The number of ether oxygens (including phenoxy) is 1. The molecule has 0 amide bonds. The molecule has 9 heteroatoms. The lowest BCUT2D eigenvalue weighted by molar-refractivity contribution is -0.0887. The second kappa shape index (κ2) is 9.77. The predicted octanol–water partition coefficient (Wildman–Crippen LogP) is 5.27. The number of nitrogens with zero attached hydrogens (tertiary/aromatic N) is 3. The fraction of sp³-hybridized carbons (Fsp3) is 0.652. The summed E-state index contributed by atoms with van der Waals surface area (Å²) >= 11 is 0. The summed E-state index contributed by atoms with van der Waals surface area (Å²) in [6.07, 6.45) is 7.52. The lowest BCUT2D eigenvalue weighted by Gasteiger charge is -2.31. The van der Waals surface area contributed by atoms with Crippen LogP contribution in [0.1, 0.15) is 44.9 Å². The van der Waals surface area contributed by atoms with E-state index < -0.39 is 17.6 Å². The Morgan fingerprint density at radius 1 is 1.16 bits per heavy atom. The number of hydrogen-bond acceptors (Lipinski definition) is 5. The quantitative estimate of drug-likeness (QED) is 0.543. The van der Waals surface area contributed by atoms with Gasteiger partial charge in [-0.25, -0.2) is 9.97 Å². The van der Waals surface area contributed by atoms with Crippen LogP contribution in [-0.2, 0) is 4.74 Å². The van der Waals surface area contributed by atoms with Crippen molar-refractivity contribution < 1.29 is 22.3 Å². The molecule has 3 aliphatic carbocycles. The van der Waals surface area contributed by atoms with E-state index in [9.17, 15) is 13.2 Å². The fourth-order valence-electron chi connectivity index (χ4n) is 4.69. The summed E-state index contributed by atoms with van der Waals surface area (Å²) in [6, 6.07) is 0.157. The molecule has 0 saturated heterocycles. The molecule has 0 radical (unpaired) electrons. The highest BCUT2D eigenvalue weighted by molar-refractivity contribution is 5.52. The Morgan fingerprint density at radius 3 is 2.59 bits per heavy atom. The van der Waals surface area contributed by atoms with Crippen LogP contribution in [0.2, 0.25) is 0 Å². The highest BCUT2D eigenvalue weighted by Gasteiger charge is 2.36. The molecule has 1 heterocycles. The number of anilines is 2. The molecule has 2 saturated carbocycles. The van der Waals surface area contributed by atoms with Crippen molar-refractivity contribution in [2.24, 2.45) is 11.8 Å². The van der Waals surface area contributed by atoms with Crippen LogP contribution in [-0.4, -0.2) is 48.5 Å². The molecule has 0 spiro atoms. The Labute approximate surface area is 185 Å². The standard InChI is InChI=1S/C23H30F4N4O/c1-32-19-5-3-2-4-16(19)12-28-21-20(24)22(30-14-29-21)31(18-10-11-18)13-15-6-8-17(9-7-15)23(25,26)27/h6,8-9,14-16,18-19H,2-5,7,10-13H2,1H3,(H,28,29,30).